The minimum Gasteiger partial charge on any atom is -0.756 e. The Hall–Kier alpha value is -1.25. The van der Waals surface area contributed by atoms with Crippen LogP contribution in [-0.2, 0) is 32.7 Å². The van der Waals surface area contributed by atoms with E-state index in [0.717, 1.165) is 57.8 Å². The Kier molecular flexibility index (Phi) is 43.1. The Balaban J connectivity index is 4.00. The van der Waals surface area contributed by atoms with E-state index in [1.165, 1.54) is 161 Å². The molecule has 2 atom stereocenters. The zero-order chi connectivity index (χ0) is 45.0. The smallest absolute Gasteiger partial charge is 0.306 e. The van der Waals surface area contributed by atoms with Gasteiger partial charge in [0, 0.05) is 12.8 Å². The van der Waals surface area contributed by atoms with Gasteiger partial charge in [-0.3, -0.25) is 14.2 Å². The molecule has 362 valence electrons. The average molecular weight is 886 g/mol. The normalized spacial score (nSPS) is 13.5. The molecule has 0 rings (SSSR count). The Morgan fingerprint density at radius 2 is 0.869 bits per heavy atom. The molecular formula is C51H100NO8P. The SMILES string of the molecule is CCC/C=C\CCCCCCCC(=O)OC(COC(=O)CCCCCCCCCCCCCCCCCCCCCCCCCCCCC)COP(=O)([O-])OCC[N+](C)(C)C. The number of unbranched alkanes of at least 4 members (excludes halogenated alkanes) is 32. The predicted octanol–water partition coefficient (Wildman–Crippen LogP) is 14.7. The summed E-state index contributed by atoms with van der Waals surface area (Å²) >= 11 is 0. The third kappa shape index (κ3) is 48.1. The summed E-state index contributed by atoms with van der Waals surface area (Å²) in [6.07, 6.45) is 48.5. The summed E-state index contributed by atoms with van der Waals surface area (Å²) in [6.45, 7) is 4.19. The molecule has 2 unspecified atom stereocenters. The first-order valence-corrected chi connectivity index (χ1v) is 27.4. The molecule has 0 N–H and O–H groups in total. The zero-order valence-electron chi connectivity index (χ0n) is 40.9. The number of allylic oxidation sites excluding steroid dienone is 2. The molecule has 9 nitrogen and oxygen atoms in total. The van der Waals surface area contributed by atoms with Crippen molar-refractivity contribution in [2.45, 2.75) is 258 Å². The Morgan fingerprint density at radius 1 is 0.492 bits per heavy atom. The van der Waals surface area contributed by atoms with Crippen molar-refractivity contribution in [2.75, 3.05) is 47.5 Å². The fraction of sp³-hybridized carbons (Fsp3) is 0.922. The molecule has 0 bridgehead atoms. The number of rotatable bonds is 48. The summed E-state index contributed by atoms with van der Waals surface area (Å²) < 4.78 is 33.9. The van der Waals surface area contributed by atoms with Gasteiger partial charge in [-0.25, -0.2) is 0 Å². The first kappa shape index (κ1) is 59.8. The van der Waals surface area contributed by atoms with E-state index >= 15 is 0 Å². The molecular weight excluding hydrogens is 786 g/mol. The van der Waals surface area contributed by atoms with Crippen molar-refractivity contribution >= 4 is 19.8 Å². The van der Waals surface area contributed by atoms with E-state index in [1.807, 2.05) is 21.1 Å². The number of likely N-dealkylation sites (N-methyl/N-ethyl adjacent to an activating group) is 1. The average Bonchev–Trinajstić information content (AvgIpc) is 3.21. The molecule has 0 spiro atoms. The summed E-state index contributed by atoms with van der Waals surface area (Å²) in [6, 6.07) is 0. The van der Waals surface area contributed by atoms with E-state index in [9.17, 15) is 19.0 Å². The van der Waals surface area contributed by atoms with E-state index in [-0.39, 0.29) is 32.0 Å². The van der Waals surface area contributed by atoms with Crippen molar-refractivity contribution < 1.29 is 42.1 Å². The van der Waals surface area contributed by atoms with Gasteiger partial charge in [-0.2, -0.15) is 0 Å². The second-order valence-corrected chi connectivity index (χ2v) is 20.3. The molecule has 0 amide bonds. The predicted molar refractivity (Wildman–Crippen MR) is 255 cm³/mol. The highest BCUT2D eigenvalue weighted by Crippen LogP contribution is 2.38. The van der Waals surface area contributed by atoms with Crippen LogP contribution in [0.5, 0.6) is 0 Å². The van der Waals surface area contributed by atoms with E-state index < -0.39 is 26.5 Å². The minimum absolute atomic E-state index is 0.0294. The molecule has 0 saturated heterocycles. The van der Waals surface area contributed by atoms with Gasteiger partial charge >= 0.3 is 11.9 Å². The zero-order valence-corrected chi connectivity index (χ0v) is 41.8. The number of ether oxygens (including phenoxy) is 2. The van der Waals surface area contributed by atoms with Crippen molar-refractivity contribution in [3.05, 3.63) is 12.2 Å². The van der Waals surface area contributed by atoms with Gasteiger partial charge in [0.1, 0.15) is 19.8 Å². The molecule has 0 aromatic carbocycles. The van der Waals surface area contributed by atoms with Gasteiger partial charge in [-0.05, 0) is 32.1 Å². The highest BCUT2D eigenvalue weighted by atomic mass is 31.2. The van der Waals surface area contributed by atoms with Gasteiger partial charge in [0.2, 0.25) is 0 Å². The fourth-order valence-corrected chi connectivity index (χ4v) is 8.21. The molecule has 10 heteroatoms. The third-order valence-electron chi connectivity index (χ3n) is 11.5. The van der Waals surface area contributed by atoms with Gasteiger partial charge in [0.25, 0.3) is 7.82 Å². The van der Waals surface area contributed by atoms with E-state index in [1.54, 1.807) is 0 Å². The first-order chi connectivity index (χ1) is 29.5. The van der Waals surface area contributed by atoms with Crippen LogP contribution in [0, 0.1) is 0 Å². The molecule has 61 heavy (non-hydrogen) atoms. The number of nitrogens with zero attached hydrogens (tertiary/aromatic N) is 1. The number of phosphoric acid groups is 1. The third-order valence-corrected chi connectivity index (χ3v) is 12.5. The van der Waals surface area contributed by atoms with E-state index in [0.29, 0.717) is 17.4 Å². The van der Waals surface area contributed by atoms with Crippen LogP contribution in [0.4, 0.5) is 0 Å². The van der Waals surface area contributed by atoms with Crippen molar-refractivity contribution in [1.82, 2.24) is 0 Å². The van der Waals surface area contributed by atoms with Crippen LogP contribution < -0.4 is 4.89 Å². The maximum absolute atomic E-state index is 12.6. The van der Waals surface area contributed by atoms with Crippen LogP contribution >= 0.6 is 7.82 Å². The van der Waals surface area contributed by atoms with Gasteiger partial charge < -0.3 is 27.9 Å². The number of quaternary nitrogens is 1. The summed E-state index contributed by atoms with van der Waals surface area (Å²) in [5.41, 5.74) is 0. The lowest BCUT2D eigenvalue weighted by molar-refractivity contribution is -0.870. The molecule has 0 aliphatic rings. The van der Waals surface area contributed by atoms with Gasteiger partial charge in [0.15, 0.2) is 6.10 Å². The fourth-order valence-electron chi connectivity index (χ4n) is 7.48. The first-order valence-electron chi connectivity index (χ1n) is 25.9. The number of hydrogen-bond donors (Lipinski definition) is 0. The maximum atomic E-state index is 12.6. The lowest BCUT2D eigenvalue weighted by atomic mass is 10.0. The molecule has 0 aromatic heterocycles. The van der Waals surface area contributed by atoms with Gasteiger partial charge in [-0.15, -0.1) is 0 Å². The second-order valence-electron chi connectivity index (χ2n) is 18.9. The monoisotopic (exact) mass is 886 g/mol. The van der Waals surface area contributed by atoms with Crippen molar-refractivity contribution in [3.63, 3.8) is 0 Å². The number of esters is 2. The second kappa shape index (κ2) is 44.0. The molecule has 0 aromatic rings. The van der Waals surface area contributed by atoms with Crippen LogP contribution in [-0.4, -0.2) is 70.0 Å². The largest absolute Gasteiger partial charge is 0.756 e. The molecule has 0 heterocycles. The molecule has 0 saturated carbocycles. The van der Waals surface area contributed by atoms with Crippen LogP contribution in [0.25, 0.3) is 0 Å². The van der Waals surface area contributed by atoms with Crippen LogP contribution in [0.1, 0.15) is 251 Å². The van der Waals surface area contributed by atoms with Gasteiger partial charge in [0.05, 0.1) is 27.7 Å². The van der Waals surface area contributed by atoms with Crippen LogP contribution in [0.3, 0.4) is 0 Å². The van der Waals surface area contributed by atoms with Crippen molar-refractivity contribution in [3.8, 4) is 0 Å². The molecule has 0 aliphatic carbocycles. The number of carbonyl (C=O) groups is 2. The number of phosphoric ester groups is 1. The summed E-state index contributed by atoms with van der Waals surface area (Å²) in [7, 11) is 1.17. The van der Waals surface area contributed by atoms with E-state index in [2.05, 4.69) is 26.0 Å². The number of carbonyl (C=O) groups excluding carboxylic acids is 2. The summed E-state index contributed by atoms with van der Waals surface area (Å²) in [4.78, 5) is 37.5. The Bertz CT molecular complexity index is 1050. The molecule has 0 aliphatic heterocycles. The maximum Gasteiger partial charge on any atom is 0.306 e. The standard InChI is InChI=1S/C51H100NO8P/c1-6-8-10-12-14-16-18-19-20-21-22-23-24-25-26-27-28-29-30-31-32-33-34-36-37-39-41-43-50(53)57-47-49(48-59-61(55,56)58-46-45-52(3,4)5)60-51(54)44-42-40-38-35-17-15-13-11-9-7-2/h11,13,49H,6-10,12,14-48H2,1-5H3/b13-11-. The lowest BCUT2D eigenvalue weighted by Crippen LogP contribution is -2.37. The highest BCUT2D eigenvalue weighted by molar-refractivity contribution is 7.45. The molecule has 0 fully saturated rings. The Labute approximate surface area is 377 Å². The van der Waals surface area contributed by atoms with Crippen molar-refractivity contribution in [2.24, 2.45) is 0 Å². The topological polar surface area (TPSA) is 111 Å². The molecule has 0 radical (unpaired) electrons. The van der Waals surface area contributed by atoms with Crippen LogP contribution in [0.2, 0.25) is 0 Å². The Morgan fingerprint density at radius 3 is 1.28 bits per heavy atom. The summed E-state index contributed by atoms with van der Waals surface area (Å²) in [5.74, 6) is -0.834. The summed E-state index contributed by atoms with van der Waals surface area (Å²) in [5, 5.41) is 0. The van der Waals surface area contributed by atoms with Gasteiger partial charge in [-0.1, -0.05) is 219 Å². The quantitative estimate of drug-likeness (QED) is 0.0195. The lowest BCUT2D eigenvalue weighted by Gasteiger charge is -2.28. The highest BCUT2D eigenvalue weighted by Gasteiger charge is 2.21. The number of hydrogen-bond acceptors (Lipinski definition) is 8. The minimum atomic E-state index is -4.62. The van der Waals surface area contributed by atoms with Crippen molar-refractivity contribution in [1.29, 1.82) is 0 Å². The van der Waals surface area contributed by atoms with E-state index in [4.69, 9.17) is 18.5 Å². The van der Waals surface area contributed by atoms with Crippen LogP contribution in [0.15, 0.2) is 12.2 Å².